The summed E-state index contributed by atoms with van der Waals surface area (Å²) in [6, 6.07) is 7.36. The topological polar surface area (TPSA) is 61.9 Å². The second-order valence-corrected chi connectivity index (χ2v) is 7.51. The lowest BCUT2D eigenvalue weighted by Gasteiger charge is -2.38. The van der Waals surface area contributed by atoms with E-state index in [0.717, 1.165) is 17.7 Å². The fraction of sp³-hybridized carbons (Fsp3) is 0.619. The van der Waals surface area contributed by atoms with E-state index in [4.69, 9.17) is 4.74 Å². The summed E-state index contributed by atoms with van der Waals surface area (Å²) in [5.74, 6) is -0.0322. The minimum absolute atomic E-state index is 0.0360. The minimum atomic E-state index is -0.343. The third-order valence-corrected chi connectivity index (χ3v) is 4.91. The lowest BCUT2D eigenvalue weighted by Crippen LogP contribution is -2.55. The van der Waals surface area contributed by atoms with Crippen LogP contribution in [-0.2, 0) is 14.3 Å². The number of morpholine rings is 1. The molecule has 6 nitrogen and oxygen atoms in total. The van der Waals surface area contributed by atoms with Crippen LogP contribution >= 0.6 is 0 Å². The zero-order valence-electron chi connectivity index (χ0n) is 17.2. The largest absolute Gasteiger partial charge is 0.372 e. The molecule has 2 amide bonds. The number of nitrogens with one attached hydrogen (secondary N) is 1. The molecule has 3 unspecified atom stereocenters. The Balaban J connectivity index is 2.01. The van der Waals surface area contributed by atoms with E-state index in [0.29, 0.717) is 19.6 Å². The van der Waals surface area contributed by atoms with Gasteiger partial charge in [-0.25, -0.2) is 0 Å². The van der Waals surface area contributed by atoms with Gasteiger partial charge in [-0.05, 0) is 52.3 Å². The third kappa shape index (κ3) is 6.04. The van der Waals surface area contributed by atoms with Crippen molar-refractivity contribution in [2.24, 2.45) is 0 Å². The number of nitrogens with zero attached hydrogens (tertiary/aromatic N) is 2. The number of aryl methyl sites for hydroxylation is 1. The van der Waals surface area contributed by atoms with Gasteiger partial charge in [0.25, 0.3) is 0 Å². The number of hydrogen-bond donors (Lipinski definition) is 1. The molecule has 2 rings (SSSR count). The molecule has 1 aromatic carbocycles. The van der Waals surface area contributed by atoms with Crippen LogP contribution in [0.5, 0.6) is 0 Å². The highest BCUT2D eigenvalue weighted by molar-refractivity contribution is 5.93. The first-order valence-corrected chi connectivity index (χ1v) is 9.85. The summed E-state index contributed by atoms with van der Waals surface area (Å²) in [7, 11) is 0. The van der Waals surface area contributed by atoms with Crippen LogP contribution in [-0.4, -0.2) is 66.0 Å². The molecule has 1 saturated heterocycles. The van der Waals surface area contributed by atoms with Gasteiger partial charge in [0.15, 0.2) is 0 Å². The number of benzene rings is 1. The van der Waals surface area contributed by atoms with Crippen LogP contribution in [0.4, 0.5) is 5.69 Å². The average Bonchev–Trinajstić information content (AvgIpc) is 2.61. The number of carbonyl (C=O) groups excluding carboxylic acids is 2. The normalized spacial score (nSPS) is 21.2. The van der Waals surface area contributed by atoms with Crippen molar-refractivity contribution in [2.75, 3.05) is 31.5 Å². The van der Waals surface area contributed by atoms with Gasteiger partial charge in [0.1, 0.15) is 0 Å². The molecule has 1 fully saturated rings. The molecular weight excluding hydrogens is 342 g/mol. The maximum atomic E-state index is 13.0. The van der Waals surface area contributed by atoms with E-state index < -0.39 is 0 Å². The Hall–Kier alpha value is -1.92. The maximum absolute atomic E-state index is 13.0. The molecule has 150 valence electrons. The number of anilines is 1. The Labute approximate surface area is 162 Å². The number of ether oxygens (including phenoxy) is 1. The van der Waals surface area contributed by atoms with Gasteiger partial charge in [-0.3, -0.25) is 14.5 Å². The van der Waals surface area contributed by atoms with Gasteiger partial charge in [0, 0.05) is 18.8 Å². The van der Waals surface area contributed by atoms with Crippen molar-refractivity contribution < 1.29 is 14.3 Å². The zero-order valence-corrected chi connectivity index (χ0v) is 17.2. The fourth-order valence-electron chi connectivity index (χ4n) is 3.56. The van der Waals surface area contributed by atoms with Gasteiger partial charge in [0.2, 0.25) is 11.8 Å². The monoisotopic (exact) mass is 375 g/mol. The standard InChI is InChI=1S/C21H33N3O3/c1-6-11-23(14-20(25)22-19-10-8-7-9-15(19)2)18(5)21(26)24-12-16(3)27-17(4)13-24/h7-10,16-18H,6,11-14H2,1-5H3,(H,22,25). The second-order valence-electron chi connectivity index (χ2n) is 7.51. The van der Waals surface area contributed by atoms with E-state index in [9.17, 15) is 9.59 Å². The van der Waals surface area contributed by atoms with E-state index in [1.54, 1.807) is 0 Å². The molecule has 1 aromatic rings. The van der Waals surface area contributed by atoms with Gasteiger partial charge in [0.05, 0.1) is 24.8 Å². The Kier molecular flexibility index (Phi) is 7.80. The lowest BCUT2D eigenvalue weighted by atomic mass is 10.1. The van der Waals surface area contributed by atoms with Crippen LogP contribution in [0.25, 0.3) is 0 Å². The summed E-state index contributed by atoms with van der Waals surface area (Å²) < 4.78 is 5.72. The average molecular weight is 376 g/mol. The van der Waals surface area contributed by atoms with Crippen molar-refractivity contribution in [3.05, 3.63) is 29.8 Å². The molecule has 0 aliphatic carbocycles. The highest BCUT2D eigenvalue weighted by Crippen LogP contribution is 2.16. The molecule has 0 spiro atoms. The predicted molar refractivity (Wildman–Crippen MR) is 108 cm³/mol. The molecule has 6 heteroatoms. The molecule has 1 aliphatic heterocycles. The zero-order chi connectivity index (χ0) is 20.0. The highest BCUT2D eigenvalue weighted by Gasteiger charge is 2.31. The van der Waals surface area contributed by atoms with Crippen molar-refractivity contribution in [2.45, 2.75) is 59.3 Å². The molecule has 27 heavy (non-hydrogen) atoms. The van der Waals surface area contributed by atoms with Crippen LogP contribution < -0.4 is 5.32 Å². The molecule has 1 N–H and O–H groups in total. The Bertz CT molecular complexity index is 639. The number of rotatable bonds is 7. The van der Waals surface area contributed by atoms with Gasteiger partial charge in [-0.2, -0.15) is 0 Å². The molecule has 1 heterocycles. The summed E-state index contributed by atoms with van der Waals surface area (Å²) in [5, 5.41) is 2.96. The SMILES string of the molecule is CCCN(CC(=O)Nc1ccccc1C)C(C)C(=O)N1CC(C)OC(C)C1. The Morgan fingerprint density at radius 2 is 1.89 bits per heavy atom. The van der Waals surface area contributed by atoms with Gasteiger partial charge in [-0.1, -0.05) is 25.1 Å². The van der Waals surface area contributed by atoms with Crippen molar-refractivity contribution in [3.8, 4) is 0 Å². The first-order chi connectivity index (χ1) is 12.8. The van der Waals surface area contributed by atoms with Crippen LogP contribution in [0.3, 0.4) is 0 Å². The summed E-state index contributed by atoms with van der Waals surface area (Å²) in [6.07, 6.45) is 0.952. The third-order valence-electron chi connectivity index (χ3n) is 4.91. The summed E-state index contributed by atoms with van der Waals surface area (Å²) in [5.41, 5.74) is 1.84. The minimum Gasteiger partial charge on any atom is -0.372 e. The molecule has 0 bridgehead atoms. The number of para-hydroxylation sites is 1. The summed E-state index contributed by atoms with van der Waals surface area (Å²) in [6.45, 7) is 12.0. The van der Waals surface area contributed by atoms with Crippen LogP contribution in [0, 0.1) is 6.92 Å². The Morgan fingerprint density at radius 1 is 1.26 bits per heavy atom. The number of hydrogen-bond acceptors (Lipinski definition) is 4. The summed E-state index contributed by atoms with van der Waals surface area (Å²) in [4.78, 5) is 29.4. The van der Waals surface area contributed by atoms with Crippen LogP contribution in [0.1, 0.15) is 39.7 Å². The first kappa shape index (κ1) is 21.4. The van der Waals surface area contributed by atoms with E-state index in [1.165, 1.54) is 0 Å². The van der Waals surface area contributed by atoms with E-state index >= 15 is 0 Å². The van der Waals surface area contributed by atoms with Crippen LogP contribution in [0.2, 0.25) is 0 Å². The van der Waals surface area contributed by atoms with E-state index in [2.05, 4.69) is 12.2 Å². The lowest BCUT2D eigenvalue weighted by molar-refractivity contribution is -0.148. The molecule has 0 aromatic heterocycles. The highest BCUT2D eigenvalue weighted by atomic mass is 16.5. The first-order valence-electron chi connectivity index (χ1n) is 9.85. The number of carbonyl (C=O) groups is 2. The predicted octanol–water partition coefficient (Wildman–Crippen LogP) is 2.67. The maximum Gasteiger partial charge on any atom is 0.239 e. The molecular formula is C21H33N3O3. The van der Waals surface area contributed by atoms with Gasteiger partial charge < -0.3 is 15.0 Å². The molecule has 0 saturated carbocycles. The Morgan fingerprint density at radius 3 is 2.48 bits per heavy atom. The fourth-order valence-corrected chi connectivity index (χ4v) is 3.56. The van der Waals surface area contributed by atoms with Crippen molar-refractivity contribution in [1.82, 2.24) is 9.80 Å². The molecule has 0 radical (unpaired) electrons. The van der Waals surface area contributed by atoms with E-state index in [-0.39, 0.29) is 36.6 Å². The van der Waals surface area contributed by atoms with Gasteiger partial charge >= 0.3 is 0 Å². The van der Waals surface area contributed by atoms with Crippen molar-refractivity contribution in [1.29, 1.82) is 0 Å². The molecule has 1 aliphatic rings. The van der Waals surface area contributed by atoms with Crippen LogP contribution in [0.15, 0.2) is 24.3 Å². The quantitative estimate of drug-likeness (QED) is 0.796. The van der Waals surface area contributed by atoms with Crippen molar-refractivity contribution >= 4 is 17.5 Å². The van der Waals surface area contributed by atoms with Crippen molar-refractivity contribution in [3.63, 3.8) is 0 Å². The number of amides is 2. The summed E-state index contributed by atoms with van der Waals surface area (Å²) >= 11 is 0. The molecule has 3 atom stereocenters. The van der Waals surface area contributed by atoms with E-state index in [1.807, 2.05) is 61.8 Å². The second kappa shape index (κ2) is 9.85. The van der Waals surface area contributed by atoms with Gasteiger partial charge in [-0.15, -0.1) is 0 Å². The smallest absolute Gasteiger partial charge is 0.239 e.